The van der Waals surface area contributed by atoms with E-state index < -0.39 is 6.10 Å². The molecule has 10 nitrogen and oxygen atoms in total. The van der Waals surface area contributed by atoms with Crippen molar-refractivity contribution in [3.63, 3.8) is 0 Å². The van der Waals surface area contributed by atoms with Crippen molar-refractivity contribution in [2.75, 3.05) is 32.1 Å². The number of hydrogen-bond acceptors (Lipinski definition) is 9. The number of benzene rings is 2. The van der Waals surface area contributed by atoms with E-state index in [0.29, 0.717) is 61.0 Å². The Bertz CT molecular complexity index is 1160. The average Bonchev–Trinajstić information content (AvgIpc) is 3.03. The molecule has 3 rings (SSSR count). The van der Waals surface area contributed by atoms with E-state index in [9.17, 15) is 9.90 Å². The summed E-state index contributed by atoms with van der Waals surface area (Å²) in [4.78, 5) is 21.2. The predicted octanol–water partition coefficient (Wildman–Crippen LogP) is 5.61. The van der Waals surface area contributed by atoms with Crippen molar-refractivity contribution in [3.05, 3.63) is 70.5 Å². The number of carbonyl (C=O) groups is 2. The number of ether oxygens (including phenoxy) is 2. The molecule has 11 heteroatoms. The summed E-state index contributed by atoms with van der Waals surface area (Å²) in [5.41, 5.74) is 2.85. The van der Waals surface area contributed by atoms with E-state index in [2.05, 4.69) is 39.6 Å². The van der Waals surface area contributed by atoms with Gasteiger partial charge in [0.25, 0.3) is 5.91 Å². The summed E-state index contributed by atoms with van der Waals surface area (Å²) < 4.78 is 11.8. The van der Waals surface area contributed by atoms with Gasteiger partial charge in [0.2, 0.25) is 0 Å². The molecule has 1 amide bonds. The second-order valence-corrected chi connectivity index (χ2v) is 10.7. The first-order valence-corrected chi connectivity index (χ1v) is 15.1. The average molecular weight is 630 g/mol. The Hall–Kier alpha value is -3.73. The lowest BCUT2D eigenvalue weighted by molar-refractivity contribution is -0.113. The minimum Gasteiger partial charge on any atom is -0.494 e. The lowest BCUT2D eigenvalue weighted by atomic mass is 9.81. The maximum atomic E-state index is 13.2. The Morgan fingerprint density at radius 2 is 1.80 bits per heavy atom. The highest BCUT2D eigenvalue weighted by molar-refractivity contribution is 6.30. The topological polar surface area (TPSA) is 134 Å². The van der Waals surface area contributed by atoms with Crippen LogP contribution in [0.5, 0.6) is 5.75 Å². The first-order valence-electron chi connectivity index (χ1n) is 14.7. The number of nitrogens with zero attached hydrogens (tertiary/aromatic N) is 2. The lowest BCUT2D eigenvalue weighted by Crippen LogP contribution is -2.35. The van der Waals surface area contributed by atoms with Crippen molar-refractivity contribution >= 4 is 43.4 Å². The van der Waals surface area contributed by atoms with Crippen LogP contribution in [-0.2, 0) is 20.9 Å². The monoisotopic (exact) mass is 629 g/mol. The Balaban J connectivity index is 0.00000149. The van der Waals surface area contributed by atoms with Crippen LogP contribution in [0, 0.1) is 11.8 Å². The number of para-hydroxylation sites is 1. The Labute approximate surface area is 267 Å². The third kappa shape index (κ3) is 14.6. The number of hydrogen-bond donors (Lipinski definition) is 4. The molecule has 0 aliphatic heterocycles. The van der Waals surface area contributed by atoms with E-state index >= 15 is 0 Å². The lowest BCUT2D eigenvalue weighted by Gasteiger charge is -2.30. The van der Waals surface area contributed by atoms with E-state index in [1.165, 1.54) is 0 Å². The van der Waals surface area contributed by atoms with Gasteiger partial charge < -0.3 is 35.3 Å². The number of aliphatic hydroxyl groups excluding tert-OH is 1. The van der Waals surface area contributed by atoms with Crippen LogP contribution in [-0.4, -0.2) is 64.1 Å². The standard InChI is InChI=1S/C30H42ClN3O4.C2H4N2.CH2O/c1-4-38-28-14-13-25(31)17-24(28)20-37-19-23-10-8-9-22(16-23)18-33-29(27(32-3)15-21(2)35)30(36)34-26-11-6-5-7-12-26;1-3-4-2;1-2/h5-7,11-14,17,21-23,32-33,35H,4,8-10,15-16,18-20H2,1-3H3,(H,34,36);1-2H2;1H2/b29-27+;;/t21-,22?,23?;;/m1../s1. The third-order valence-corrected chi connectivity index (χ3v) is 7.09. The van der Waals surface area contributed by atoms with Crippen LogP contribution >= 0.6 is 11.6 Å². The highest BCUT2D eigenvalue weighted by Crippen LogP contribution is 2.30. The van der Waals surface area contributed by atoms with Crippen molar-refractivity contribution in [1.29, 1.82) is 0 Å². The van der Waals surface area contributed by atoms with E-state index in [4.69, 9.17) is 25.9 Å². The summed E-state index contributed by atoms with van der Waals surface area (Å²) in [6, 6.07) is 15.0. The molecular formula is C33H48ClN5O5. The quantitative estimate of drug-likeness (QED) is 0.114. The normalized spacial score (nSPS) is 16.8. The molecule has 0 bridgehead atoms. The molecule has 1 aliphatic rings. The summed E-state index contributed by atoms with van der Waals surface area (Å²) in [6.07, 6.45) is 4.17. The summed E-state index contributed by atoms with van der Waals surface area (Å²) in [5.74, 6) is 1.47. The molecule has 0 radical (unpaired) electrons. The first kappa shape index (κ1) is 38.3. The fourth-order valence-corrected chi connectivity index (χ4v) is 5.14. The van der Waals surface area contributed by atoms with Crippen LogP contribution in [0.4, 0.5) is 5.69 Å². The van der Waals surface area contributed by atoms with Gasteiger partial charge in [-0.1, -0.05) is 36.2 Å². The third-order valence-electron chi connectivity index (χ3n) is 6.85. The molecule has 3 atom stereocenters. The molecule has 1 aliphatic carbocycles. The van der Waals surface area contributed by atoms with Crippen molar-refractivity contribution in [3.8, 4) is 5.75 Å². The fourth-order valence-electron chi connectivity index (χ4n) is 4.94. The molecule has 2 aromatic carbocycles. The van der Waals surface area contributed by atoms with E-state index in [1.54, 1.807) is 14.0 Å². The molecule has 4 N–H and O–H groups in total. The number of aliphatic hydroxyl groups is 1. The predicted molar refractivity (Wildman–Crippen MR) is 179 cm³/mol. The summed E-state index contributed by atoms with van der Waals surface area (Å²) in [7, 11) is 1.78. The van der Waals surface area contributed by atoms with Crippen LogP contribution < -0.4 is 20.7 Å². The van der Waals surface area contributed by atoms with E-state index in [0.717, 1.165) is 42.7 Å². The summed E-state index contributed by atoms with van der Waals surface area (Å²) >= 11 is 6.18. The second kappa shape index (κ2) is 22.8. The largest absolute Gasteiger partial charge is 0.494 e. The van der Waals surface area contributed by atoms with Crippen LogP contribution in [0.1, 0.15) is 51.5 Å². The molecule has 242 valence electrons. The SMILES string of the molecule is C=NN=C.C=O.CCOc1ccc(Cl)cc1COCC1CCCC(CN/C(C(=O)Nc2ccccc2)=C(\C[C@@H](C)O)NC)C1. The molecule has 2 aromatic rings. The van der Waals surface area contributed by atoms with Crippen LogP contribution in [0.25, 0.3) is 0 Å². The Morgan fingerprint density at radius 1 is 1.11 bits per heavy atom. The first-order chi connectivity index (χ1) is 21.3. The Morgan fingerprint density at radius 3 is 2.41 bits per heavy atom. The number of amides is 1. The summed E-state index contributed by atoms with van der Waals surface area (Å²) in [5, 5.41) is 26.2. The van der Waals surface area contributed by atoms with Crippen LogP contribution in [0.3, 0.4) is 0 Å². The molecule has 0 spiro atoms. The van der Waals surface area contributed by atoms with Crippen molar-refractivity contribution < 1.29 is 24.2 Å². The molecular weight excluding hydrogens is 582 g/mol. The smallest absolute Gasteiger partial charge is 0.273 e. The van der Waals surface area contributed by atoms with Gasteiger partial charge in [-0.15, -0.1) is 0 Å². The Kier molecular flexibility index (Phi) is 19.8. The number of carbonyl (C=O) groups excluding carboxylic acids is 2. The highest BCUT2D eigenvalue weighted by Gasteiger charge is 2.24. The fraction of sp³-hybridized carbons (Fsp3) is 0.455. The number of rotatable bonds is 15. The molecule has 1 saturated carbocycles. The molecule has 1 fully saturated rings. The van der Waals surface area contributed by atoms with Crippen molar-refractivity contribution in [2.45, 2.75) is 58.7 Å². The van der Waals surface area contributed by atoms with Gasteiger partial charge in [-0.25, -0.2) is 0 Å². The van der Waals surface area contributed by atoms with Crippen LogP contribution in [0.2, 0.25) is 5.02 Å². The van der Waals surface area contributed by atoms with Gasteiger partial charge >= 0.3 is 0 Å². The van der Waals surface area contributed by atoms with E-state index in [1.807, 2.05) is 62.2 Å². The second-order valence-electron chi connectivity index (χ2n) is 10.2. The number of halogens is 1. The van der Waals surface area contributed by atoms with Gasteiger partial charge in [0.15, 0.2) is 0 Å². The maximum absolute atomic E-state index is 13.2. The molecule has 0 aromatic heterocycles. The van der Waals surface area contributed by atoms with Crippen molar-refractivity contribution in [2.24, 2.45) is 22.0 Å². The molecule has 0 saturated heterocycles. The summed E-state index contributed by atoms with van der Waals surface area (Å²) in [6.45, 7) is 14.1. The maximum Gasteiger partial charge on any atom is 0.273 e. The van der Waals surface area contributed by atoms with E-state index in [-0.39, 0.29) is 5.91 Å². The molecule has 44 heavy (non-hydrogen) atoms. The van der Waals surface area contributed by atoms with Gasteiger partial charge in [0.1, 0.15) is 18.2 Å². The zero-order valence-corrected chi connectivity index (χ0v) is 26.9. The zero-order valence-electron chi connectivity index (χ0n) is 26.2. The van der Waals surface area contributed by atoms with Gasteiger partial charge in [-0.05, 0) is 75.3 Å². The minimum atomic E-state index is -0.572. The van der Waals surface area contributed by atoms with Gasteiger partial charge in [0, 0.05) is 62.0 Å². The van der Waals surface area contributed by atoms with Crippen molar-refractivity contribution in [1.82, 2.24) is 10.6 Å². The van der Waals surface area contributed by atoms with Gasteiger partial charge in [-0.3, -0.25) is 4.79 Å². The van der Waals surface area contributed by atoms with Gasteiger partial charge in [0.05, 0.1) is 19.3 Å². The highest BCUT2D eigenvalue weighted by atomic mass is 35.5. The van der Waals surface area contributed by atoms with Crippen LogP contribution in [0.15, 0.2) is 70.1 Å². The minimum absolute atomic E-state index is 0.219. The number of anilines is 1. The van der Waals surface area contributed by atoms with Gasteiger partial charge in [-0.2, -0.15) is 10.2 Å². The molecule has 2 unspecified atom stereocenters. The zero-order chi connectivity index (χ0) is 32.7. The molecule has 0 heterocycles. The number of nitrogens with one attached hydrogen (secondary N) is 3.